The molecule has 2 rings (SSSR count). The molecule has 0 aliphatic carbocycles. The van der Waals surface area contributed by atoms with Gasteiger partial charge in [-0.3, -0.25) is 10.1 Å². The highest BCUT2D eigenvalue weighted by atomic mass is 127. The summed E-state index contributed by atoms with van der Waals surface area (Å²) in [5.41, 5.74) is 0.906. The molecule has 0 saturated carbocycles. The fourth-order valence-corrected chi connectivity index (χ4v) is 3.05. The lowest BCUT2D eigenvalue weighted by Crippen LogP contribution is -2.35. The molecular weight excluding hydrogens is 542 g/mol. The number of rotatable bonds is 3. The third kappa shape index (κ3) is 4.85. The Morgan fingerprint density at radius 1 is 1.04 bits per heavy atom. The van der Waals surface area contributed by atoms with Gasteiger partial charge in [-0.1, -0.05) is 12.1 Å². The zero-order valence-corrected chi connectivity index (χ0v) is 16.6. The normalized spacial score (nSPS) is 10.0. The van der Waals surface area contributed by atoms with Gasteiger partial charge in [-0.15, -0.1) is 0 Å². The molecule has 0 bridgehead atoms. The van der Waals surface area contributed by atoms with Gasteiger partial charge in [0.25, 0.3) is 5.91 Å². The molecule has 0 atom stereocenters. The van der Waals surface area contributed by atoms with Crippen molar-refractivity contribution in [3.8, 4) is 0 Å². The van der Waals surface area contributed by atoms with Crippen molar-refractivity contribution in [2.24, 2.45) is 0 Å². The zero-order chi connectivity index (χ0) is 17.0. The van der Waals surface area contributed by atoms with Crippen molar-refractivity contribution in [1.29, 1.82) is 0 Å². The topological polar surface area (TPSA) is 78.4 Å². The lowest BCUT2D eigenvalue weighted by molar-refractivity contribution is 0.0698. The molecule has 0 saturated heterocycles. The Bertz CT molecular complexity index is 796. The van der Waals surface area contributed by atoms with Crippen LogP contribution in [0.4, 0.5) is 5.69 Å². The molecule has 2 aromatic rings. The van der Waals surface area contributed by atoms with E-state index in [4.69, 9.17) is 17.3 Å². The fourth-order valence-electron chi connectivity index (χ4n) is 1.77. The van der Waals surface area contributed by atoms with E-state index in [-0.39, 0.29) is 16.6 Å². The van der Waals surface area contributed by atoms with E-state index < -0.39 is 5.97 Å². The van der Waals surface area contributed by atoms with Crippen LogP contribution in [0.3, 0.4) is 0 Å². The molecule has 0 aromatic heterocycles. The Kier molecular flexibility index (Phi) is 6.30. The SMILES string of the molecule is O=C(NC(=S)Nc1ccccc1C(=O)O)c1cc(I)ccc1I. The Balaban J connectivity index is 2.12. The van der Waals surface area contributed by atoms with Gasteiger partial charge in [0.1, 0.15) is 0 Å². The van der Waals surface area contributed by atoms with Crippen molar-refractivity contribution < 1.29 is 14.7 Å². The molecule has 0 spiro atoms. The number of thiocarbonyl (C=S) groups is 1. The summed E-state index contributed by atoms with van der Waals surface area (Å²) in [7, 11) is 0. The summed E-state index contributed by atoms with van der Waals surface area (Å²) < 4.78 is 1.73. The molecule has 0 heterocycles. The van der Waals surface area contributed by atoms with Crippen LogP contribution < -0.4 is 10.6 Å². The zero-order valence-electron chi connectivity index (χ0n) is 11.5. The fraction of sp³-hybridized carbons (Fsp3) is 0. The smallest absolute Gasteiger partial charge is 0.337 e. The van der Waals surface area contributed by atoms with Crippen LogP contribution >= 0.6 is 57.4 Å². The number of amides is 1. The van der Waals surface area contributed by atoms with Crippen LogP contribution in [0, 0.1) is 7.14 Å². The van der Waals surface area contributed by atoms with Crippen molar-refractivity contribution in [3.05, 3.63) is 60.7 Å². The first kappa shape index (κ1) is 18.1. The van der Waals surface area contributed by atoms with Crippen LogP contribution in [-0.2, 0) is 0 Å². The van der Waals surface area contributed by atoms with Gasteiger partial charge in [-0.25, -0.2) is 4.79 Å². The van der Waals surface area contributed by atoms with E-state index in [9.17, 15) is 9.59 Å². The van der Waals surface area contributed by atoms with Crippen LogP contribution in [0.1, 0.15) is 20.7 Å². The molecule has 118 valence electrons. The molecule has 5 nitrogen and oxygen atoms in total. The van der Waals surface area contributed by atoms with Crippen LogP contribution in [0.2, 0.25) is 0 Å². The Morgan fingerprint density at radius 3 is 2.43 bits per heavy atom. The standard InChI is InChI=1S/C15H10I2N2O3S/c16-8-5-6-11(17)10(7-8)13(20)19-15(23)18-12-4-2-1-3-9(12)14(21)22/h1-7H,(H,21,22)(H2,18,19,20,23). The summed E-state index contributed by atoms with van der Waals surface area (Å²) >= 11 is 9.29. The number of aromatic carboxylic acids is 1. The first-order valence-corrected chi connectivity index (χ1v) is 8.85. The van der Waals surface area contributed by atoms with E-state index in [0.29, 0.717) is 11.3 Å². The Labute approximate surface area is 165 Å². The van der Waals surface area contributed by atoms with E-state index in [2.05, 4.69) is 55.8 Å². The molecule has 3 N–H and O–H groups in total. The van der Waals surface area contributed by atoms with Gasteiger partial charge in [0.15, 0.2) is 5.11 Å². The number of hydrogen-bond acceptors (Lipinski definition) is 3. The third-order valence-electron chi connectivity index (χ3n) is 2.81. The van der Waals surface area contributed by atoms with E-state index in [1.54, 1.807) is 24.3 Å². The van der Waals surface area contributed by atoms with E-state index in [1.807, 2.05) is 12.1 Å². The van der Waals surface area contributed by atoms with Crippen LogP contribution in [0.5, 0.6) is 0 Å². The highest BCUT2D eigenvalue weighted by Crippen LogP contribution is 2.17. The Hall–Kier alpha value is -1.27. The second kappa shape index (κ2) is 8.02. The average Bonchev–Trinajstić information content (AvgIpc) is 2.49. The maximum absolute atomic E-state index is 12.3. The maximum Gasteiger partial charge on any atom is 0.337 e. The highest BCUT2D eigenvalue weighted by molar-refractivity contribution is 14.1. The van der Waals surface area contributed by atoms with E-state index >= 15 is 0 Å². The van der Waals surface area contributed by atoms with Crippen molar-refractivity contribution >= 4 is 80.1 Å². The van der Waals surface area contributed by atoms with Gasteiger partial charge in [0, 0.05) is 7.14 Å². The quantitative estimate of drug-likeness (QED) is 0.400. The van der Waals surface area contributed by atoms with Gasteiger partial charge in [-0.05, 0) is 87.7 Å². The minimum absolute atomic E-state index is 0.0401. The van der Waals surface area contributed by atoms with Crippen molar-refractivity contribution in [2.45, 2.75) is 0 Å². The second-order valence-electron chi connectivity index (χ2n) is 4.38. The summed E-state index contributed by atoms with van der Waals surface area (Å²) in [5.74, 6) is -1.42. The number of anilines is 1. The number of hydrogen-bond donors (Lipinski definition) is 3. The second-order valence-corrected chi connectivity index (χ2v) is 7.20. The van der Waals surface area contributed by atoms with Gasteiger partial charge >= 0.3 is 5.97 Å². The number of para-hydroxylation sites is 1. The monoisotopic (exact) mass is 552 g/mol. The van der Waals surface area contributed by atoms with E-state index in [0.717, 1.165) is 7.14 Å². The first-order chi connectivity index (χ1) is 10.9. The molecule has 0 aliphatic rings. The van der Waals surface area contributed by atoms with E-state index in [1.165, 1.54) is 6.07 Å². The molecule has 1 amide bonds. The number of carboxylic acids is 1. The molecule has 23 heavy (non-hydrogen) atoms. The molecule has 0 unspecified atom stereocenters. The molecule has 2 aromatic carbocycles. The highest BCUT2D eigenvalue weighted by Gasteiger charge is 2.14. The lowest BCUT2D eigenvalue weighted by atomic mass is 10.2. The predicted molar refractivity (Wildman–Crippen MR) is 109 cm³/mol. The minimum atomic E-state index is -1.07. The van der Waals surface area contributed by atoms with Gasteiger partial charge in [0.05, 0.1) is 16.8 Å². The van der Waals surface area contributed by atoms with Gasteiger partial charge in [-0.2, -0.15) is 0 Å². The summed E-state index contributed by atoms with van der Waals surface area (Å²) in [6, 6.07) is 11.8. The molecule has 0 fully saturated rings. The van der Waals surface area contributed by atoms with Crippen molar-refractivity contribution in [3.63, 3.8) is 0 Å². The number of carbonyl (C=O) groups is 2. The molecule has 0 aliphatic heterocycles. The number of nitrogens with one attached hydrogen (secondary N) is 2. The van der Waals surface area contributed by atoms with Crippen molar-refractivity contribution in [2.75, 3.05) is 5.32 Å². The third-order valence-corrected chi connectivity index (χ3v) is 4.62. The Morgan fingerprint density at radius 2 is 1.74 bits per heavy atom. The lowest BCUT2D eigenvalue weighted by Gasteiger charge is -2.12. The van der Waals surface area contributed by atoms with Crippen LogP contribution in [-0.4, -0.2) is 22.1 Å². The summed E-state index contributed by atoms with van der Waals surface area (Å²) in [5, 5.41) is 14.5. The molecule has 8 heteroatoms. The number of halogens is 2. The first-order valence-electron chi connectivity index (χ1n) is 6.28. The van der Waals surface area contributed by atoms with Gasteiger partial charge in [0.2, 0.25) is 0 Å². The van der Waals surface area contributed by atoms with Crippen molar-refractivity contribution in [1.82, 2.24) is 5.32 Å². The van der Waals surface area contributed by atoms with Crippen LogP contribution in [0.25, 0.3) is 0 Å². The minimum Gasteiger partial charge on any atom is -0.478 e. The largest absolute Gasteiger partial charge is 0.478 e. The van der Waals surface area contributed by atoms with Crippen LogP contribution in [0.15, 0.2) is 42.5 Å². The summed E-state index contributed by atoms with van der Waals surface area (Å²) in [4.78, 5) is 23.4. The average molecular weight is 552 g/mol. The predicted octanol–water partition coefficient (Wildman–Crippen LogP) is 3.72. The van der Waals surface area contributed by atoms with Gasteiger partial charge < -0.3 is 10.4 Å². The molecular formula is C15H10I2N2O3S. The number of carbonyl (C=O) groups excluding carboxylic acids is 1. The number of carboxylic acid groups (broad SMARTS) is 1. The summed E-state index contributed by atoms with van der Waals surface area (Å²) in [6.07, 6.45) is 0. The molecule has 0 radical (unpaired) electrons. The number of benzene rings is 2. The maximum atomic E-state index is 12.3. The summed E-state index contributed by atoms with van der Waals surface area (Å²) in [6.45, 7) is 0.